The molecule has 3 rings (SSSR count). The molecular weight excluding hydrogens is 325 g/mol. The third-order valence-electron chi connectivity index (χ3n) is 4.15. The lowest BCUT2D eigenvalue weighted by atomic mass is 10.3. The Morgan fingerprint density at radius 1 is 1.04 bits per heavy atom. The molecule has 0 bridgehead atoms. The standard InChI is InChI=1S/C18H20FN3O3/c19-14-5-1-2-7-16(14)25-13-17(23)21-9-4-10-22(12-11-21)18(24)15-6-3-8-20-15/h1-3,5-8,20H,4,9-13H2. The van der Waals surface area contributed by atoms with E-state index in [0.717, 1.165) is 0 Å². The molecule has 1 saturated heterocycles. The maximum Gasteiger partial charge on any atom is 0.270 e. The van der Waals surface area contributed by atoms with Gasteiger partial charge in [0.25, 0.3) is 11.8 Å². The number of nitrogens with one attached hydrogen (secondary N) is 1. The van der Waals surface area contributed by atoms with Gasteiger partial charge < -0.3 is 19.5 Å². The quantitative estimate of drug-likeness (QED) is 0.921. The van der Waals surface area contributed by atoms with E-state index in [1.807, 2.05) is 0 Å². The Morgan fingerprint density at radius 3 is 2.56 bits per heavy atom. The molecule has 6 nitrogen and oxygen atoms in total. The van der Waals surface area contributed by atoms with Gasteiger partial charge in [0.05, 0.1) is 0 Å². The molecule has 2 heterocycles. The molecule has 1 aliphatic heterocycles. The Labute approximate surface area is 145 Å². The number of benzene rings is 1. The summed E-state index contributed by atoms with van der Waals surface area (Å²) in [5.74, 6) is -0.706. The van der Waals surface area contributed by atoms with Crippen LogP contribution in [0.1, 0.15) is 16.9 Å². The Bertz CT molecular complexity index is 733. The first-order chi connectivity index (χ1) is 12.1. The molecule has 2 amide bonds. The maximum atomic E-state index is 13.5. The molecule has 0 spiro atoms. The molecule has 0 radical (unpaired) electrons. The second kappa shape index (κ2) is 7.83. The van der Waals surface area contributed by atoms with Crippen molar-refractivity contribution in [3.63, 3.8) is 0 Å². The van der Waals surface area contributed by atoms with E-state index in [-0.39, 0.29) is 24.2 Å². The predicted octanol–water partition coefficient (Wildman–Crippen LogP) is 1.91. The van der Waals surface area contributed by atoms with Crippen molar-refractivity contribution in [2.45, 2.75) is 6.42 Å². The number of ether oxygens (including phenoxy) is 1. The molecule has 0 saturated carbocycles. The summed E-state index contributed by atoms with van der Waals surface area (Å²) in [6, 6.07) is 9.50. The first-order valence-corrected chi connectivity index (χ1v) is 8.23. The molecular formula is C18H20FN3O3. The van der Waals surface area contributed by atoms with E-state index in [2.05, 4.69) is 4.98 Å². The fraction of sp³-hybridized carbons (Fsp3) is 0.333. The van der Waals surface area contributed by atoms with Crippen LogP contribution in [0.15, 0.2) is 42.6 Å². The normalized spacial score (nSPS) is 14.9. The van der Waals surface area contributed by atoms with E-state index in [9.17, 15) is 14.0 Å². The van der Waals surface area contributed by atoms with Crippen LogP contribution in [0.2, 0.25) is 0 Å². The second-order valence-electron chi connectivity index (χ2n) is 5.83. The molecule has 25 heavy (non-hydrogen) atoms. The van der Waals surface area contributed by atoms with Gasteiger partial charge >= 0.3 is 0 Å². The van der Waals surface area contributed by atoms with Crippen molar-refractivity contribution in [2.75, 3.05) is 32.8 Å². The average molecular weight is 345 g/mol. The number of rotatable bonds is 4. The van der Waals surface area contributed by atoms with E-state index in [4.69, 9.17) is 4.74 Å². The van der Waals surface area contributed by atoms with Crippen LogP contribution in [0.4, 0.5) is 4.39 Å². The maximum absolute atomic E-state index is 13.5. The van der Waals surface area contributed by atoms with Crippen LogP contribution in [0.25, 0.3) is 0 Å². The Kier molecular flexibility index (Phi) is 5.33. The molecule has 1 fully saturated rings. The SMILES string of the molecule is O=C(COc1ccccc1F)N1CCCN(C(=O)c2ccc[nH]2)CC1. The van der Waals surface area contributed by atoms with E-state index in [0.29, 0.717) is 38.3 Å². The van der Waals surface area contributed by atoms with E-state index in [1.165, 1.54) is 12.1 Å². The lowest BCUT2D eigenvalue weighted by Gasteiger charge is -2.22. The van der Waals surface area contributed by atoms with Crippen molar-refractivity contribution in [1.29, 1.82) is 0 Å². The van der Waals surface area contributed by atoms with Gasteiger partial charge in [-0.3, -0.25) is 9.59 Å². The van der Waals surface area contributed by atoms with Crippen LogP contribution in [0.3, 0.4) is 0 Å². The molecule has 0 unspecified atom stereocenters. The van der Waals surface area contributed by atoms with Crippen molar-refractivity contribution in [2.24, 2.45) is 0 Å². The largest absolute Gasteiger partial charge is 0.481 e. The predicted molar refractivity (Wildman–Crippen MR) is 89.8 cm³/mol. The molecule has 132 valence electrons. The number of carbonyl (C=O) groups excluding carboxylic acids is 2. The summed E-state index contributed by atoms with van der Waals surface area (Å²) >= 11 is 0. The number of aromatic amines is 1. The van der Waals surface area contributed by atoms with Crippen molar-refractivity contribution < 1.29 is 18.7 Å². The summed E-state index contributed by atoms with van der Waals surface area (Å²) in [5.41, 5.74) is 0.544. The summed E-state index contributed by atoms with van der Waals surface area (Å²) < 4.78 is 18.8. The van der Waals surface area contributed by atoms with Crippen LogP contribution >= 0.6 is 0 Å². The number of hydrogen-bond acceptors (Lipinski definition) is 3. The summed E-state index contributed by atoms with van der Waals surface area (Å²) in [7, 11) is 0. The number of amides is 2. The highest BCUT2D eigenvalue weighted by Crippen LogP contribution is 2.15. The van der Waals surface area contributed by atoms with Crippen molar-refractivity contribution in [3.05, 3.63) is 54.1 Å². The summed E-state index contributed by atoms with van der Waals surface area (Å²) in [6.07, 6.45) is 2.40. The fourth-order valence-corrected chi connectivity index (χ4v) is 2.80. The molecule has 0 atom stereocenters. The van der Waals surface area contributed by atoms with E-state index >= 15 is 0 Å². The number of carbonyl (C=O) groups is 2. The second-order valence-corrected chi connectivity index (χ2v) is 5.83. The van der Waals surface area contributed by atoms with Gasteiger partial charge in [0.2, 0.25) is 0 Å². The van der Waals surface area contributed by atoms with Crippen LogP contribution < -0.4 is 4.74 Å². The molecule has 1 aliphatic rings. The number of halogens is 1. The average Bonchev–Trinajstić information content (AvgIpc) is 3.04. The summed E-state index contributed by atoms with van der Waals surface area (Å²) in [4.78, 5) is 31.0. The first-order valence-electron chi connectivity index (χ1n) is 8.23. The fourth-order valence-electron chi connectivity index (χ4n) is 2.80. The Balaban J connectivity index is 1.53. The minimum absolute atomic E-state index is 0.0641. The smallest absolute Gasteiger partial charge is 0.270 e. The molecule has 1 aromatic carbocycles. The Hall–Kier alpha value is -2.83. The number of hydrogen-bond donors (Lipinski definition) is 1. The minimum atomic E-state index is -0.492. The topological polar surface area (TPSA) is 65.6 Å². The third-order valence-corrected chi connectivity index (χ3v) is 4.15. The monoisotopic (exact) mass is 345 g/mol. The zero-order valence-corrected chi connectivity index (χ0v) is 13.8. The first kappa shape index (κ1) is 17.0. The highest BCUT2D eigenvalue weighted by Gasteiger charge is 2.23. The lowest BCUT2D eigenvalue weighted by molar-refractivity contribution is -0.133. The summed E-state index contributed by atoms with van der Waals surface area (Å²) in [5, 5.41) is 0. The van der Waals surface area contributed by atoms with Crippen LogP contribution in [0, 0.1) is 5.82 Å². The number of H-pyrrole nitrogens is 1. The molecule has 7 heteroatoms. The third kappa shape index (κ3) is 4.17. The van der Waals surface area contributed by atoms with Crippen molar-refractivity contribution in [1.82, 2.24) is 14.8 Å². The zero-order valence-electron chi connectivity index (χ0n) is 13.8. The molecule has 1 N–H and O–H groups in total. The van der Waals surface area contributed by atoms with Crippen LogP contribution in [-0.2, 0) is 4.79 Å². The molecule has 1 aromatic heterocycles. The Morgan fingerprint density at radius 2 is 1.80 bits per heavy atom. The van der Waals surface area contributed by atoms with Gasteiger partial charge in [-0.1, -0.05) is 12.1 Å². The van der Waals surface area contributed by atoms with Crippen LogP contribution in [-0.4, -0.2) is 59.4 Å². The van der Waals surface area contributed by atoms with Gasteiger partial charge in [-0.15, -0.1) is 0 Å². The zero-order chi connectivity index (χ0) is 17.6. The van der Waals surface area contributed by atoms with Gasteiger partial charge in [-0.05, 0) is 30.7 Å². The number of nitrogens with zero attached hydrogens (tertiary/aromatic N) is 2. The van der Waals surface area contributed by atoms with Gasteiger partial charge in [0.1, 0.15) is 5.69 Å². The number of para-hydroxylation sites is 1. The van der Waals surface area contributed by atoms with Gasteiger partial charge in [-0.25, -0.2) is 4.39 Å². The molecule has 2 aromatic rings. The highest BCUT2D eigenvalue weighted by atomic mass is 19.1. The molecule has 0 aliphatic carbocycles. The van der Waals surface area contributed by atoms with Crippen molar-refractivity contribution >= 4 is 11.8 Å². The van der Waals surface area contributed by atoms with Crippen molar-refractivity contribution in [3.8, 4) is 5.75 Å². The van der Waals surface area contributed by atoms with E-state index in [1.54, 1.807) is 40.3 Å². The van der Waals surface area contributed by atoms with Crippen LogP contribution in [0.5, 0.6) is 5.75 Å². The number of aromatic nitrogens is 1. The van der Waals surface area contributed by atoms with Gasteiger partial charge in [-0.2, -0.15) is 0 Å². The lowest BCUT2D eigenvalue weighted by Crippen LogP contribution is -2.39. The van der Waals surface area contributed by atoms with Gasteiger partial charge in [0, 0.05) is 32.4 Å². The van der Waals surface area contributed by atoms with E-state index < -0.39 is 5.82 Å². The minimum Gasteiger partial charge on any atom is -0.481 e. The highest BCUT2D eigenvalue weighted by molar-refractivity contribution is 5.92. The summed E-state index contributed by atoms with van der Waals surface area (Å²) in [6.45, 7) is 1.82. The van der Waals surface area contributed by atoms with Gasteiger partial charge in [0.15, 0.2) is 18.2 Å².